The van der Waals surface area contributed by atoms with Crippen molar-refractivity contribution in [2.75, 3.05) is 0 Å². The number of benzene rings is 2. The monoisotopic (exact) mass is 446 g/mol. The van der Waals surface area contributed by atoms with E-state index in [0.717, 1.165) is 16.8 Å². The van der Waals surface area contributed by atoms with Crippen LogP contribution < -0.4 is 0 Å². The van der Waals surface area contributed by atoms with Crippen molar-refractivity contribution >= 4 is 23.8 Å². The average Bonchev–Trinajstić information content (AvgIpc) is 2.75. The van der Waals surface area contributed by atoms with Gasteiger partial charge in [0.15, 0.2) is 0 Å². The van der Waals surface area contributed by atoms with Crippen LogP contribution in [0, 0.1) is 5.92 Å². The molecule has 0 spiro atoms. The predicted octanol–water partition coefficient (Wildman–Crippen LogP) is 6.14. The van der Waals surface area contributed by atoms with Gasteiger partial charge in [0, 0.05) is 0 Å². The van der Waals surface area contributed by atoms with E-state index in [2.05, 4.69) is 0 Å². The zero-order chi connectivity index (χ0) is 24.2. The molecule has 0 fully saturated rings. The molecule has 2 aromatic carbocycles. The number of ether oxygens (including phenoxy) is 1. The van der Waals surface area contributed by atoms with Gasteiger partial charge in [0.2, 0.25) is 0 Å². The lowest BCUT2D eigenvalue weighted by atomic mass is 9.85. The number of hydrogen-bond donors (Lipinski definition) is 0. The molecule has 1 aliphatic rings. The molecule has 1 aliphatic heterocycles. The first-order valence-electron chi connectivity index (χ1n) is 11.5. The van der Waals surface area contributed by atoms with Gasteiger partial charge >= 0.3 is 6.09 Å². The molecule has 3 rings (SSSR count). The van der Waals surface area contributed by atoms with Crippen LogP contribution in [-0.2, 0) is 9.53 Å². The molecule has 33 heavy (non-hydrogen) atoms. The molecule has 5 heteroatoms. The van der Waals surface area contributed by atoms with Crippen LogP contribution in [0.5, 0.6) is 0 Å². The van der Waals surface area contributed by atoms with Gasteiger partial charge in [-0.05, 0) is 51.2 Å². The Morgan fingerprint density at radius 2 is 1.67 bits per heavy atom. The van der Waals surface area contributed by atoms with Gasteiger partial charge in [0.25, 0.3) is 5.91 Å². The zero-order valence-corrected chi connectivity index (χ0v) is 20.4. The van der Waals surface area contributed by atoms with Gasteiger partial charge in [0.1, 0.15) is 11.1 Å². The number of carbonyl (C=O) groups excluding carboxylic acids is 2. The van der Waals surface area contributed by atoms with E-state index < -0.39 is 23.3 Å². The first kappa shape index (κ1) is 24.4. The van der Waals surface area contributed by atoms with E-state index in [-0.39, 0.29) is 11.8 Å². The standard InChI is InChI=1S/C28H34N2O3/c1-20(2)24-23(22-17-11-8-12-18-22)29-28(6,19-13-16-21-14-9-7-10-15-21)25(31)30(24)26(32)33-27(3,4)5/h7-18,20,24H,19H2,1-6H3/b16-13+/t24-,28+/m1/s1. The van der Waals surface area contributed by atoms with Crippen LogP contribution in [0.15, 0.2) is 71.7 Å². The van der Waals surface area contributed by atoms with Crippen LogP contribution in [0.4, 0.5) is 4.79 Å². The Hall–Kier alpha value is -3.21. The highest BCUT2D eigenvalue weighted by Gasteiger charge is 2.49. The Kier molecular flexibility index (Phi) is 7.21. The highest BCUT2D eigenvalue weighted by molar-refractivity contribution is 6.14. The van der Waals surface area contributed by atoms with Gasteiger partial charge in [0.05, 0.1) is 11.8 Å². The highest BCUT2D eigenvalue weighted by atomic mass is 16.6. The molecular formula is C28H34N2O3. The average molecular weight is 447 g/mol. The van der Waals surface area contributed by atoms with E-state index in [0.29, 0.717) is 6.42 Å². The molecule has 0 N–H and O–H groups in total. The second kappa shape index (κ2) is 9.74. The number of hydrogen-bond acceptors (Lipinski definition) is 4. The minimum atomic E-state index is -1.13. The molecule has 0 bridgehead atoms. The smallest absolute Gasteiger partial charge is 0.417 e. The van der Waals surface area contributed by atoms with Gasteiger partial charge in [-0.1, -0.05) is 86.7 Å². The normalized spacial score (nSPS) is 21.4. The van der Waals surface area contributed by atoms with Crippen LogP contribution in [0.1, 0.15) is 59.1 Å². The van der Waals surface area contributed by atoms with Gasteiger partial charge < -0.3 is 4.74 Å². The van der Waals surface area contributed by atoms with E-state index in [4.69, 9.17) is 9.73 Å². The topological polar surface area (TPSA) is 59.0 Å². The summed E-state index contributed by atoms with van der Waals surface area (Å²) < 4.78 is 5.67. The second-order valence-electron chi connectivity index (χ2n) is 10.00. The largest absolute Gasteiger partial charge is 0.443 e. The number of nitrogens with zero attached hydrogens (tertiary/aromatic N) is 2. The fourth-order valence-electron chi connectivity index (χ4n) is 3.98. The second-order valence-corrected chi connectivity index (χ2v) is 10.00. The number of amides is 2. The molecule has 0 aliphatic carbocycles. The summed E-state index contributed by atoms with van der Waals surface area (Å²) in [6.07, 6.45) is 3.65. The van der Waals surface area contributed by atoms with Crippen LogP contribution >= 0.6 is 0 Å². The first-order chi connectivity index (χ1) is 15.5. The fraction of sp³-hybridized carbons (Fsp3) is 0.393. The van der Waals surface area contributed by atoms with Crippen molar-refractivity contribution in [3.05, 3.63) is 77.9 Å². The Morgan fingerprint density at radius 3 is 2.21 bits per heavy atom. The van der Waals surface area contributed by atoms with Crippen LogP contribution in [0.3, 0.4) is 0 Å². The molecular weight excluding hydrogens is 412 g/mol. The van der Waals surface area contributed by atoms with E-state index in [9.17, 15) is 9.59 Å². The Labute approximate surface area is 197 Å². The quantitative estimate of drug-likeness (QED) is 0.554. The number of rotatable bonds is 5. The third-order valence-electron chi connectivity index (χ3n) is 5.52. The van der Waals surface area contributed by atoms with Crippen molar-refractivity contribution in [1.82, 2.24) is 4.90 Å². The minimum Gasteiger partial charge on any atom is -0.443 e. The van der Waals surface area contributed by atoms with E-state index >= 15 is 0 Å². The van der Waals surface area contributed by atoms with E-state index in [1.165, 1.54) is 4.90 Å². The van der Waals surface area contributed by atoms with E-state index in [1.54, 1.807) is 27.7 Å². The maximum absolute atomic E-state index is 13.8. The van der Waals surface area contributed by atoms with Crippen LogP contribution in [0.25, 0.3) is 6.08 Å². The summed E-state index contributed by atoms with van der Waals surface area (Å²) in [4.78, 5) is 33.4. The lowest BCUT2D eigenvalue weighted by Gasteiger charge is -2.43. The van der Waals surface area contributed by atoms with Crippen molar-refractivity contribution in [3.63, 3.8) is 0 Å². The third kappa shape index (κ3) is 5.78. The molecule has 0 saturated heterocycles. The van der Waals surface area contributed by atoms with Crippen molar-refractivity contribution in [1.29, 1.82) is 0 Å². The SMILES string of the molecule is CC(C)[C@@H]1C(c2ccccc2)=N[C@@](C)(C/C=C/c2ccccc2)C(=O)N1C(=O)OC(C)(C)C. The zero-order valence-electron chi connectivity index (χ0n) is 20.4. The summed E-state index contributed by atoms with van der Waals surface area (Å²) in [5.41, 5.74) is 0.825. The first-order valence-corrected chi connectivity index (χ1v) is 11.5. The van der Waals surface area contributed by atoms with Gasteiger partial charge in [-0.2, -0.15) is 0 Å². The Bertz CT molecular complexity index is 1040. The molecule has 174 valence electrons. The summed E-state index contributed by atoms with van der Waals surface area (Å²) in [5, 5.41) is 0. The molecule has 0 aromatic heterocycles. The Morgan fingerprint density at radius 1 is 1.09 bits per heavy atom. The number of carbonyl (C=O) groups is 2. The summed E-state index contributed by atoms with van der Waals surface area (Å²) in [6.45, 7) is 11.2. The highest BCUT2D eigenvalue weighted by Crippen LogP contribution is 2.33. The van der Waals surface area contributed by atoms with Crippen molar-refractivity contribution in [2.45, 2.75) is 65.1 Å². The molecule has 2 amide bonds. The maximum atomic E-state index is 13.8. The molecule has 0 unspecified atom stereocenters. The van der Waals surface area contributed by atoms with Crippen LogP contribution in [-0.4, -0.2) is 39.8 Å². The van der Waals surface area contributed by atoms with Crippen LogP contribution in [0.2, 0.25) is 0 Å². The maximum Gasteiger partial charge on any atom is 0.417 e. The molecule has 2 atom stereocenters. The summed E-state index contributed by atoms with van der Waals surface area (Å²) in [5.74, 6) is -0.377. The van der Waals surface area contributed by atoms with Crippen molar-refractivity contribution in [3.8, 4) is 0 Å². The summed E-state index contributed by atoms with van der Waals surface area (Å²) in [6, 6.07) is 19.2. The minimum absolute atomic E-state index is 0.0372. The summed E-state index contributed by atoms with van der Waals surface area (Å²) >= 11 is 0. The Balaban J connectivity index is 2.07. The van der Waals surface area contributed by atoms with Gasteiger partial charge in [-0.15, -0.1) is 0 Å². The predicted molar refractivity (Wildman–Crippen MR) is 133 cm³/mol. The lowest BCUT2D eigenvalue weighted by molar-refractivity contribution is -0.138. The van der Waals surface area contributed by atoms with Crippen molar-refractivity contribution < 1.29 is 14.3 Å². The molecule has 0 radical (unpaired) electrons. The number of aliphatic imine (C=N–C) groups is 1. The third-order valence-corrected chi connectivity index (χ3v) is 5.52. The van der Waals surface area contributed by atoms with Crippen molar-refractivity contribution in [2.24, 2.45) is 10.9 Å². The summed E-state index contributed by atoms with van der Waals surface area (Å²) in [7, 11) is 0. The van der Waals surface area contributed by atoms with Gasteiger partial charge in [-0.3, -0.25) is 9.79 Å². The molecule has 0 saturated carbocycles. The lowest BCUT2D eigenvalue weighted by Crippen LogP contribution is -2.62. The van der Waals surface area contributed by atoms with Gasteiger partial charge in [-0.25, -0.2) is 9.69 Å². The van der Waals surface area contributed by atoms with E-state index in [1.807, 2.05) is 86.7 Å². The molecule has 2 aromatic rings. The molecule has 1 heterocycles. The number of imide groups is 1. The fourth-order valence-corrected chi connectivity index (χ4v) is 3.98. The molecule has 5 nitrogen and oxygen atoms in total.